The van der Waals surface area contributed by atoms with Crippen molar-refractivity contribution in [3.8, 4) is 11.3 Å². The van der Waals surface area contributed by atoms with Crippen LogP contribution in [-0.2, 0) is 21.4 Å². The van der Waals surface area contributed by atoms with Crippen molar-refractivity contribution in [2.75, 3.05) is 5.73 Å². The minimum atomic E-state index is -1.25. The van der Waals surface area contributed by atoms with Crippen LogP contribution in [0.4, 0.5) is 5.13 Å². The number of nitrogens with one attached hydrogen (secondary N) is 1. The zero-order valence-electron chi connectivity index (χ0n) is 19.5. The molecular weight excluding hydrogens is 574 g/mol. The van der Waals surface area contributed by atoms with Crippen LogP contribution in [0.3, 0.4) is 0 Å². The summed E-state index contributed by atoms with van der Waals surface area (Å²) in [5.74, 6) is -2.72. The molecule has 5 N–H and O–H groups in total. The summed E-state index contributed by atoms with van der Waals surface area (Å²) in [4.78, 5) is 48.2. The Bertz CT molecular complexity index is 1520. The van der Waals surface area contributed by atoms with E-state index in [1.54, 1.807) is 0 Å². The van der Waals surface area contributed by atoms with E-state index in [2.05, 4.69) is 20.4 Å². The van der Waals surface area contributed by atoms with E-state index in [4.69, 9.17) is 17.3 Å². The number of β-lactam (4-membered cyclic amide) rings is 1. The van der Waals surface area contributed by atoms with Gasteiger partial charge in [-0.15, -0.1) is 11.3 Å². The minimum absolute atomic E-state index is 0.0500. The number of halogens is 1. The number of carbonyl (C=O) groups is 3. The number of aromatic nitrogens is 3. The van der Waals surface area contributed by atoms with Crippen molar-refractivity contribution in [2.24, 2.45) is 12.2 Å². The topological polar surface area (TPSA) is 175 Å². The number of carbonyl (C=O) groups excluding carboxylic acids is 2. The number of nitrogens with two attached hydrogens (primary N) is 1. The molecule has 2 aliphatic rings. The van der Waals surface area contributed by atoms with Gasteiger partial charge in [-0.25, -0.2) is 19.3 Å². The van der Waals surface area contributed by atoms with E-state index >= 15 is 0 Å². The van der Waals surface area contributed by atoms with Crippen molar-refractivity contribution < 1.29 is 29.3 Å². The second kappa shape index (κ2) is 10.3. The summed E-state index contributed by atoms with van der Waals surface area (Å²) >= 11 is 9.52. The van der Waals surface area contributed by atoms with Gasteiger partial charge in [-0.3, -0.25) is 14.5 Å². The smallest absolute Gasteiger partial charge is 0.353 e. The third-order valence-electron chi connectivity index (χ3n) is 5.99. The second-order valence-electron chi connectivity index (χ2n) is 8.32. The second-order valence-corrected chi connectivity index (χ2v) is 12.2. The van der Waals surface area contributed by atoms with Crippen LogP contribution in [0.15, 0.2) is 50.0 Å². The number of nitrogens with zero attached hydrogens (tertiary/aromatic N) is 5. The number of thioether (sulfide) groups is 1. The average Bonchev–Trinajstić information content (AvgIpc) is 3.48. The Balaban J connectivity index is 1.33. The van der Waals surface area contributed by atoms with Gasteiger partial charge in [0.1, 0.15) is 28.8 Å². The maximum absolute atomic E-state index is 13.0. The highest BCUT2D eigenvalue weighted by Gasteiger charge is 2.54. The Morgan fingerprint density at radius 1 is 1.34 bits per heavy atom. The number of carboxylic acid groups (broad SMARTS) is 1. The molecule has 0 radical (unpaired) electrons. The van der Waals surface area contributed by atoms with Gasteiger partial charge in [-0.05, 0) is 12.8 Å². The van der Waals surface area contributed by atoms with Gasteiger partial charge in [0, 0.05) is 28.0 Å². The molecule has 2 aliphatic heterocycles. The maximum atomic E-state index is 13.0. The highest BCUT2D eigenvalue weighted by atomic mass is 35.5. The molecule has 2 atom stereocenters. The number of anilines is 1. The van der Waals surface area contributed by atoms with Crippen LogP contribution in [0.1, 0.15) is 18.5 Å². The molecule has 0 aromatic carbocycles. The minimum Gasteiger partial charge on any atom is -0.477 e. The van der Waals surface area contributed by atoms with Crippen LogP contribution < -0.4 is 15.6 Å². The largest absolute Gasteiger partial charge is 0.477 e. The van der Waals surface area contributed by atoms with Crippen LogP contribution in [0.2, 0.25) is 4.34 Å². The van der Waals surface area contributed by atoms with Crippen LogP contribution in [0.5, 0.6) is 0 Å². The fourth-order valence-corrected chi connectivity index (χ4v) is 7.19. The molecule has 12 nitrogen and oxygen atoms in total. The van der Waals surface area contributed by atoms with E-state index in [9.17, 15) is 24.7 Å². The fraction of sp³-hybridized carbons (Fsp3) is 0.227. The van der Waals surface area contributed by atoms with Gasteiger partial charge in [0.2, 0.25) is 0 Å². The Kier molecular flexibility index (Phi) is 7.09. The zero-order valence-corrected chi connectivity index (χ0v) is 22.7. The lowest BCUT2D eigenvalue weighted by atomic mass is 9.86. The quantitative estimate of drug-likeness (QED) is 0.105. The number of thiazole rings is 2. The maximum Gasteiger partial charge on any atom is 0.353 e. The molecule has 2 amide bonds. The number of amides is 2. The molecule has 38 heavy (non-hydrogen) atoms. The van der Waals surface area contributed by atoms with Gasteiger partial charge in [-0.1, -0.05) is 39.9 Å². The lowest BCUT2D eigenvalue weighted by Crippen LogP contribution is -2.72. The van der Waals surface area contributed by atoms with Gasteiger partial charge < -0.3 is 21.4 Å². The summed E-state index contributed by atoms with van der Waals surface area (Å²) in [6.07, 6.45) is 4.61. The van der Waals surface area contributed by atoms with E-state index in [1.807, 2.05) is 41.5 Å². The van der Waals surface area contributed by atoms with Crippen molar-refractivity contribution in [1.29, 1.82) is 0 Å². The number of aryl methyl sites for hydroxylation is 1. The summed E-state index contributed by atoms with van der Waals surface area (Å²) in [6, 6.07) is 2.30. The first-order chi connectivity index (χ1) is 18.2. The molecule has 0 bridgehead atoms. The molecule has 3 aromatic rings. The van der Waals surface area contributed by atoms with Gasteiger partial charge in [0.05, 0.1) is 11.7 Å². The SMILES string of the molecule is C[n+]1ccc(-c2csc(SC3=C(C(=O)O)N4C(=O)C(NC(=O)/C(=N\O)c5nc(N)sc5Cl)C4CC3)n2)cc1. The van der Waals surface area contributed by atoms with Crippen molar-refractivity contribution in [1.82, 2.24) is 20.2 Å². The van der Waals surface area contributed by atoms with Crippen LogP contribution in [0.25, 0.3) is 11.3 Å². The Hall–Kier alpha value is -3.53. The predicted octanol–water partition coefficient (Wildman–Crippen LogP) is 2.08. The highest BCUT2D eigenvalue weighted by Crippen LogP contribution is 2.44. The zero-order chi connectivity index (χ0) is 27.1. The van der Waals surface area contributed by atoms with Crippen molar-refractivity contribution in [3.05, 3.63) is 50.5 Å². The van der Waals surface area contributed by atoms with Crippen molar-refractivity contribution >= 4 is 74.7 Å². The third kappa shape index (κ3) is 4.73. The molecule has 5 heterocycles. The molecular formula is C22H19ClN7O5S3+. The molecule has 3 aromatic heterocycles. The first-order valence-corrected chi connectivity index (χ1v) is 13.9. The van der Waals surface area contributed by atoms with Crippen molar-refractivity contribution in [2.45, 2.75) is 29.3 Å². The Morgan fingerprint density at radius 3 is 2.71 bits per heavy atom. The molecule has 1 saturated heterocycles. The van der Waals surface area contributed by atoms with E-state index < -0.39 is 35.6 Å². The number of allylic oxidation sites excluding steroid dienone is 1. The number of hydrogen-bond acceptors (Lipinski definition) is 11. The normalized spacial score (nSPS) is 19.3. The number of fused-ring (bicyclic) bond motifs is 1. The summed E-state index contributed by atoms with van der Waals surface area (Å²) in [6.45, 7) is 0. The number of oxime groups is 1. The summed E-state index contributed by atoms with van der Waals surface area (Å²) in [5.41, 5.74) is 6.57. The average molecular weight is 593 g/mol. The highest BCUT2D eigenvalue weighted by molar-refractivity contribution is 8.04. The van der Waals surface area contributed by atoms with Crippen LogP contribution >= 0.6 is 46.0 Å². The Labute approximate surface area is 232 Å². The summed E-state index contributed by atoms with van der Waals surface area (Å²) in [5, 5.41) is 26.8. The molecule has 1 fully saturated rings. The number of rotatable bonds is 7. The third-order valence-corrected chi connectivity index (χ3v) is 9.16. The van der Waals surface area contributed by atoms with Gasteiger partial charge in [0.25, 0.3) is 11.8 Å². The summed E-state index contributed by atoms with van der Waals surface area (Å²) < 4.78 is 2.62. The van der Waals surface area contributed by atoms with Crippen molar-refractivity contribution in [3.63, 3.8) is 0 Å². The first-order valence-electron chi connectivity index (χ1n) is 11.0. The molecule has 5 rings (SSSR count). The van der Waals surface area contributed by atoms with E-state index in [0.717, 1.165) is 22.6 Å². The number of aliphatic carboxylic acids is 1. The van der Waals surface area contributed by atoms with E-state index in [0.29, 0.717) is 22.1 Å². The molecule has 16 heteroatoms. The van der Waals surface area contributed by atoms with E-state index in [1.165, 1.54) is 28.0 Å². The monoisotopic (exact) mass is 592 g/mol. The number of hydrogen-bond donors (Lipinski definition) is 4. The molecule has 0 aliphatic carbocycles. The van der Waals surface area contributed by atoms with Crippen LogP contribution in [0, 0.1) is 0 Å². The fourth-order valence-electron chi connectivity index (χ4n) is 4.21. The van der Waals surface area contributed by atoms with Gasteiger partial charge in [0.15, 0.2) is 27.6 Å². The molecule has 2 unspecified atom stereocenters. The lowest BCUT2D eigenvalue weighted by molar-refractivity contribution is -0.671. The Morgan fingerprint density at radius 2 is 2.08 bits per heavy atom. The van der Waals surface area contributed by atoms with E-state index in [-0.39, 0.29) is 20.9 Å². The standard InChI is InChI=1S/C22H18ClN7O5S3/c1-29-6-4-9(5-7-29)10-8-36-22(25-10)37-12-3-2-11-13(19(32)30(11)16(12)20(33)34)26-18(31)15(28-35)14-17(23)38-21(24)27-14/h4-8,11,13H,2-3H2,1H3,(H4-,24,26,27,31,33,34,35)/p+1. The predicted molar refractivity (Wildman–Crippen MR) is 141 cm³/mol. The molecule has 0 saturated carbocycles. The lowest BCUT2D eigenvalue weighted by Gasteiger charge is -2.49. The number of pyridine rings is 1. The number of carboxylic acids is 1. The molecule has 196 valence electrons. The van der Waals surface area contributed by atoms with Gasteiger partial charge >= 0.3 is 5.97 Å². The number of nitrogen functional groups attached to an aromatic ring is 1. The first kappa shape index (κ1) is 26.1. The molecule has 0 spiro atoms. The summed E-state index contributed by atoms with van der Waals surface area (Å²) in [7, 11) is 1.92. The van der Waals surface area contributed by atoms with Gasteiger partial charge in [-0.2, -0.15) is 0 Å². The van der Waals surface area contributed by atoms with Crippen LogP contribution in [-0.4, -0.2) is 60.8 Å².